The van der Waals surface area contributed by atoms with Crippen LogP contribution in [0, 0.1) is 0 Å². The summed E-state index contributed by atoms with van der Waals surface area (Å²) in [6, 6.07) is 9.76. The molecule has 1 saturated carbocycles. The molecule has 1 aliphatic carbocycles. The summed E-state index contributed by atoms with van der Waals surface area (Å²) in [5.41, 5.74) is 0. The molecule has 1 aliphatic rings. The standard InChI is InChI=1S/C17H22N4O2S/c22-16(18-13-7-3-1-4-8-13)19-17-21-20-15(24-17)11-12-23-14-9-5-2-6-10-14/h2,5-6,9-10,13H,1,3-4,7-8,11-12H2,(H2,18,19,21,22). The van der Waals surface area contributed by atoms with Crippen LogP contribution >= 0.6 is 11.3 Å². The maximum Gasteiger partial charge on any atom is 0.321 e. The van der Waals surface area contributed by atoms with Crippen LogP contribution in [0.4, 0.5) is 9.93 Å². The second-order valence-corrected chi connectivity index (χ2v) is 6.91. The Morgan fingerprint density at radius 3 is 2.75 bits per heavy atom. The number of carbonyl (C=O) groups excluding carboxylic acids is 1. The molecule has 1 heterocycles. The summed E-state index contributed by atoms with van der Waals surface area (Å²) in [5.74, 6) is 0.840. The van der Waals surface area contributed by atoms with Gasteiger partial charge in [0.15, 0.2) is 0 Å². The number of amides is 2. The smallest absolute Gasteiger partial charge is 0.321 e. The molecule has 2 amide bonds. The predicted octanol–water partition coefficient (Wildman–Crippen LogP) is 3.61. The summed E-state index contributed by atoms with van der Waals surface area (Å²) in [7, 11) is 0. The Bertz CT molecular complexity index is 641. The van der Waals surface area contributed by atoms with Crippen LogP contribution < -0.4 is 15.4 Å². The average molecular weight is 346 g/mol. The zero-order chi connectivity index (χ0) is 16.6. The molecule has 24 heavy (non-hydrogen) atoms. The van der Waals surface area contributed by atoms with Crippen molar-refractivity contribution in [3.05, 3.63) is 35.3 Å². The van der Waals surface area contributed by atoms with Crippen molar-refractivity contribution in [2.24, 2.45) is 0 Å². The van der Waals surface area contributed by atoms with Crippen LogP contribution in [0.15, 0.2) is 30.3 Å². The molecule has 0 unspecified atom stereocenters. The molecule has 1 aromatic carbocycles. The van der Waals surface area contributed by atoms with Gasteiger partial charge in [-0.05, 0) is 25.0 Å². The van der Waals surface area contributed by atoms with Crippen LogP contribution in [0.25, 0.3) is 0 Å². The van der Waals surface area contributed by atoms with E-state index in [-0.39, 0.29) is 12.1 Å². The highest BCUT2D eigenvalue weighted by Crippen LogP contribution is 2.19. The van der Waals surface area contributed by atoms with Crippen molar-refractivity contribution < 1.29 is 9.53 Å². The van der Waals surface area contributed by atoms with Crippen LogP contribution in [0.3, 0.4) is 0 Å². The molecule has 7 heteroatoms. The highest BCUT2D eigenvalue weighted by atomic mass is 32.1. The highest BCUT2D eigenvalue weighted by molar-refractivity contribution is 7.15. The summed E-state index contributed by atoms with van der Waals surface area (Å²) >= 11 is 1.38. The first kappa shape index (κ1) is 16.7. The molecule has 2 aromatic rings. The lowest BCUT2D eigenvalue weighted by atomic mass is 9.96. The third-order valence-corrected chi connectivity index (χ3v) is 4.85. The van der Waals surface area contributed by atoms with Gasteiger partial charge in [0.2, 0.25) is 5.13 Å². The molecule has 0 aliphatic heterocycles. The molecule has 3 rings (SSSR count). The summed E-state index contributed by atoms with van der Waals surface area (Å²) in [4.78, 5) is 12.0. The molecular weight excluding hydrogens is 324 g/mol. The summed E-state index contributed by atoms with van der Waals surface area (Å²) in [6.45, 7) is 0.535. The predicted molar refractivity (Wildman–Crippen MR) is 94.6 cm³/mol. The molecule has 0 atom stereocenters. The topological polar surface area (TPSA) is 76.1 Å². The molecule has 1 aromatic heterocycles. The van der Waals surface area contributed by atoms with Gasteiger partial charge in [0.05, 0.1) is 6.61 Å². The van der Waals surface area contributed by atoms with Gasteiger partial charge in [0.1, 0.15) is 10.8 Å². The number of benzene rings is 1. The lowest BCUT2D eigenvalue weighted by Gasteiger charge is -2.22. The molecule has 128 valence electrons. The van der Waals surface area contributed by atoms with Gasteiger partial charge in [0, 0.05) is 12.5 Å². The number of hydrogen-bond acceptors (Lipinski definition) is 5. The number of nitrogens with zero attached hydrogens (tertiary/aromatic N) is 2. The molecule has 0 radical (unpaired) electrons. The fourth-order valence-electron chi connectivity index (χ4n) is 2.74. The van der Waals surface area contributed by atoms with Gasteiger partial charge in [-0.3, -0.25) is 5.32 Å². The number of ether oxygens (including phenoxy) is 1. The van der Waals surface area contributed by atoms with Gasteiger partial charge in [-0.2, -0.15) is 0 Å². The van der Waals surface area contributed by atoms with Crippen LogP contribution in [0.5, 0.6) is 5.75 Å². The van der Waals surface area contributed by atoms with E-state index in [9.17, 15) is 4.79 Å². The van der Waals surface area contributed by atoms with Gasteiger partial charge in [-0.1, -0.05) is 48.8 Å². The van der Waals surface area contributed by atoms with Crippen LogP contribution in [-0.4, -0.2) is 28.9 Å². The Labute approximate surface area is 145 Å². The number of carbonyl (C=O) groups is 1. The minimum atomic E-state index is -0.190. The van der Waals surface area contributed by atoms with E-state index >= 15 is 0 Å². The van der Waals surface area contributed by atoms with Gasteiger partial charge in [-0.15, -0.1) is 10.2 Å². The van der Waals surface area contributed by atoms with Crippen molar-refractivity contribution in [2.75, 3.05) is 11.9 Å². The number of rotatable bonds is 6. The Kier molecular flexibility index (Phi) is 6.01. The van der Waals surface area contributed by atoms with E-state index < -0.39 is 0 Å². The average Bonchev–Trinajstić information content (AvgIpc) is 3.04. The molecule has 2 N–H and O–H groups in total. The third-order valence-electron chi connectivity index (χ3n) is 3.96. The zero-order valence-corrected chi connectivity index (χ0v) is 14.3. The number of nitrogens with one attached hydrogen (secondary N) is 2. The largest absolute Gasteiger partial charge is 0.493 e. The number of anilines is 1. The third kappa shape index (κ3) is 5.19. The fraction of sp³-hybridized carbons (Fsp3) is 0.471. The van der Waals surface area contributed by atoms with E-state index in [0.717, 1.165) is 23.6 Å². The Morgan fingerprint density at radius 1 is 1.17 bits per heavy atom. The maximum atomic E-state index is 12.0. The van der Waals surface area contributed by atoms with E-state index in [0.29, 0.717) is 18.2 Å². The van der Waals surface area contributed by atoms with Crippen molar-refractivity contribution in [3.8, 4) is 5.75 Å². The van der Waals surface area contributed by atoms with Gasteiger partial charge >= 0.3 is 6.03 Å². The lowest BCUT2D eigenvalue weighted by molar-refractivity contribution is 0.244. The summed E-state index contributed by atoms with van der Waals surface area (Å²) < 4.78 is 5.64. The van der Waals surface area contributed by atoms with E-state index in [2.05, 4.69) is 20.8 Å². The maximum absolute atomic E-state index is 12.0. The first-order valence-corrected chi connectivity index (χ1v) is 9.19. The van der Waals surface area contributed by atoms with Crippen LogP contribution in [0.1, 0.15) is 37.1 Å². The zero-order valence-electron chi connectivity index (χ0n) is 13.5. The Hall–Kier alpha value is -2.15. The first-order chi connectivity index (χ1) is 11.8. The second-order valence-electron chi connectivity index (χ2n) is 5.85. The van der Waals surface area contributed by atoms with Crippen molar-refractivity contribution in [2.45, 2.75) is 44.6 Å². The van der Waals surface area contributed by atoms with Crippen molar-refractivity contribution >= 4 is 22.5 Å². The number of hydrogen-bond donors (Lipinski definition) is 2. The molecule has 1 fully saturated rings. The van der Waals surface area contributed by atoms with Gasteiger partial charge in [0.25, 0.3) is 0 Å². The van der Waals surface area contributed by atoms with E-state index in [1.165, 1.54) is 30.6 Å². The van der Waals surface area contributed by atoms with Crippen LogP contribution in [-0.2, 0) is 6.42 Å². The SMILES string of the molecule is O=C(Nc1nnc(CCOc2ccccc2)s1)NC1CCCCC1. The monoisotopic (exact) mass is 346 g/mol. The van der Waals surface area contributed by atoms with E-state index in [4.69, 9.17) is 4.74 Å². The van der Waals surface area contributed by atoms with Crippen molar-refractivity contribution in [3.63, 3.8) is 0 Å². The summed E-state index contributed by atoms with van der Waals surface area (Å²) in [5, 5.41) is 15.3. The van der Waals surface area contributed by atoms with Crippen molar-refractivity contribution in [1.29, 1.82) is 0 Å². The lowest BCUT2D eigenvalue weighted by Crippen LogP contribution is -2.38. The summed E-state index contributed by atoms with van der Waals surface area (Å²) in [6.07, 6.45) is 6.44. The first-order valence-electron chi connectivity index (χ1n) is 8.37. The number of aromatic nitrogens is 2. The van der Waals surface area contributed by atoms with E-state index in [1.807, 2.05) is 30.3 Å². The second kappa shape index (κ2) is 8.63. The van der Waals surface area contributed by atoms with Crippen LogP contribution in [0.2, 0.25) is 0 Å². The Morgan fingerprint density at radius 2 is 1.96 bits per heavy atom. The minimum Gasteiger partial charge on any atom is -0.493 e. The molecule has 0 bridgehead atoms. The Balaban J connectivity index is 1.40. The van der Waals surface area contributed by atoms with Gasteiger partial charge < -0.3 is 10.1 Å². The fourth-order valence-corrected chi connectivity index (χ4v) is 3.46. The molecule has 0 saturated heterocycles. The van der Waals surface area contributed by atoms with Gasteiger partial charge in [-0.25, -0.2) is 4.79 Å². The van der Waals surface area contributed by atoms with E-state index in [1.54, 1.807) is 0 Å². The number of para-hydroxylation sites is 1. The minimum absolute atomic E-state index is 0.190. The molecule has 6 nitrogen and oxygen atoms in total. The molecular formula is C17H22N4O2S. The quantitative estimate of drug-likeness (QED) is 0.838. The van der Waals surface area contributed by atoms with Crippen molar-refractivity contribution in [1.82, 2.24) is 15.5 Å². The number of urea groups is 1. The highest BCUT2D eigenvalue weighted by Gasteiger charge is 2.16. The molecule has 0 spiro atoms. The normalized spacial score (nSPS) is 15.0.